The first kappa shape index (κ1) is 33.6. The van der Waals surface area contributed by atoms with E-state index < -0.39 is 0 Å². The van der Waals surface area contributed by atoms with Gasteiger partial charge in [0.25, 0.3) is 0 Å². The number of nitrogens with zero attached hydrogens (tertiary/aromatic N) is 3. The maximum atomic E-state index is 5.26. The molecule has 0 saturated heterocycles. The van der Waals surface area contributed by atoms with Gasteiger partial charge < -0.3 is 0 Å². The van der Waals surface area contributed by atoms with Crippen molar-refractivity contribution in [3.05, 3.63) is 199 Å². The van der Waals surface area contributed by atoms with Gasteiger partial charge in [-0.3, -0.25) is 4.98 Å². The number of rotatable bonds is 6. The summed E-state index contributed by atoms with van der Waals surface area (Å²) in [6.45, 7) is 6.78. The normalized spacial score (nSPS) is 12.7. The second-order valence-electron chi connectivity index (χ2n) is 15.4. The van der Waals surface area contributed by atoms with Crippen molar-refractivity contribution in [3.8, 4) is 78.5 Å². The van der Waals surface area contributed by atoms with Gasteiger partial charge in [-0.05, 0) is 110 Å². The largest absolute Gasteiger partial charge is 0.256 e. The second-order valence-corrected chi connectivity index (χ2v) is 15.4. The summed E-state index contributed by atoms with van der Waals surface area (Å²) in [5.74, 6) is 0.685. The van der Waals surface area contributed by atoms with Gasteiger partial charge in [-0.15, -0.1) is 0 Å². The molecular weight excluding hydrogens is 679 g/mol. The fourth-order valence-electron chi connectivity index (χ4n) is 8.36. The van der Waals surface area contributed by atoms with Crippen LogP contribution in [0.4, 0.5) is 0 Å². The van der Waals surface area contributed by atoms with Crippen LogP contribution in [-0.2, 0) is 5.41 Å². The molecule has 1 aliphatic rings. The molecule has 0 bridgehead atoms. The summed E-state index contributed by atoms with van der Waals surface area (Å²) in [6, 6.07) is 63.0. The summed E-state index contributed by atoms with van der Waals surface area (Å²) in [7, 11) is 0. The van der Waals surface area contributed by atoms with Gasteiger partial charge in [0.2, 0.25) is 0 Å². The third-order valence-corrected chi connectivity index (χ3v) is 11.4. The summed E-state index contributed by atoms with van der Waals surface area (Å²) in [5.41, 5.74) is 17.7. The molecule has 0 unspecified atom stereocenters. The Labute approximate surface area is 328 Å². The highest BCUT2D eigenvalue weighted by molar-refractivity contribution is 6.03. The van der Waals surface area contributed by atoms with E-state index in [0.717, 1.165) is 67.2 Å². The monoisotopic (exact) mass is 717 g/mol. The molecule has 9 aromatic rings. The van der Waals surface area contributed by atoms with Crippen LogP contribution in [0, 0.1) is 6.92 Å². The van der Waals surface area contributed by atoms with Gasteiger partial charge >= 0.3 is 0 Å². The van der Waals surface area contributed by atoms with Crippen molar-refractivity contribution in [3.63, 3.8) is 0 Å². The van der Waals surface area contributed by atoms with Gasteiger partial charge in [0.15, 0.2) is 5.82 Å². The molecular formula is C53H39N3. The Hall–Kier alpha value is -6.97. The summed E-state index contributed by atoms with van der Waals surface area (Å²) in [5, 5.41) is 2.58. The van der Waals surface area contributed by atoms with Crippen LogP contribution < -0.4 is 0 Å². The maximum absolute atomic E-state index is 5.26. The van der Waals surface area contributed by atoms with Crippen LogP contribution in [-0.4, -0.2) is 15.0 Å². The Kier molecular flexibility index (Phi) is 8.04. The standard InChI is InChI=1S/C53H39N3/c1-34-21-26-48(54-33-34)40-19-12-18-38(27-40)41-28-42(39-22-24-45-47(31-39)53(2,3)46-25-23-35-13-10-11-20-44(35)51(45)46)30-43(29-41)52-55-49(36-14-6-4-7-15-36)32-50(56-52)37-16-8-5-9-17-37/h4-33H,1-3H3. The number of fused-ring (bicyclic) bond motifs is 5. The first-order valence-electron chi connectivity index (χ1n) is 19.3. The van der Waals surface area contributed by atoms with E-state index in [0.29, 0.717) is 5.82 Å². The number of benzene rings is 7. The van der Waals surface area contributed by atoms with E-state index in [1.165, 1.54) is 33.0 Å². The highest BCUT2D eigenvalue weighted by Crippen LogP contribution is 2.52. The van der Waals surface area contributed by atoms with Crippen molar-refractivity contribution >= 4 is 10.8 Å². The van der Waals surface area contributed by atoms with Gasteiger partial charge in [-0.25, -0.2) is 9.97 Å². The fraction of sp³-hybridized carbons (Fsp3) is 0.0755. The zero-order valence-electron chi connectivity index (χ0n) is 31.7. The Morgan fingerprint density at radius 2 is 1.02 bits per heavy atom. The summed E-state index contributed by atoms with van der Waals surface area (Å²) >= 11 is 0. The predicted octanol–water partition coefficient (Wildman–Crippen LogP) is 13.6. The van der Waals surface area contributed by atoms with E-state index in [-0.39, 0.29) is 5.41 Å². The van der Waals surface area contributed by atoms with Gasteiger partial charge in [-0.1, -0.05) is 147 Å². The first-order valence-corrected chi connectivity index (χ1v) is 19.3. The number of aromatic nitrogens is 3. The predicted molar refractivity (Wildman–Crippen MR) is 232 cm³/mol. The Bertz CT molecular complexity index is 2870. The van der Waals surface area contributed by atoms with Gasteiger partial charge in [0.05, 0.1) is 17.1 Å². The molecule has 0 radical (unpaired) electrons. The summed E-state index contributed by atoms with van der Waals surface area (Å²) in [4.78, 5) is 15.3. The van der Waals surface area contributed by atoms with E-state index in [9.17, 15) is 0 Å². The quantitative estimate of drug-likeness (QED) is 0.172. The average Bonchev–Trinajstić information content (AvgIpc) is 3.49. The molecule has 3 heteroatoms. The molecule has 0 amide bonds. The third kappa shape index (κ3) is 5.89. The Balaban J connectivity index is 1.18. The Morgan fingerprint density at radius 1 is 0.411 bits per heavy atom. The number of hydrogen-bond donors (Lipinski definition) is 0. The zero-order chi connectivity index (χ0) is 37.8. The number of pyridine rings is 1. The second kappa shape index (κ2) is 13.4. The van der Waals surface area contributed by atoms with E-state index >= 15 is 0 Å². The molecule has 1 aliphatic carbocycles. The molecule has 0 N–H and O–H groups in total. The van der Waals surface area contributed by atoms with Crippen molar-refractivity contribution < 1.29 is 0 Å². The van der Waals surface area contributed by atoms with E-state index in [1.807, 2.05) is 18.3 Å². The van der Waals surface area contributed by atoms with Crippen LogP contribution >= 0.6 is 0 Å². The van der Waals surface area contributed by atoms with Crippen LogP contribution in [0.15, 0.2) is 182 Å². The fourth-order valence-corrected chi connectivity index (χ4v) is 8.36. The number of hydrogen-bond acceptors (Lipinski definition) is 3. The number of aryl methyl sites for hydroxylation is 1. The lowest BCUT2D eigenvalue weighted by atomic mass is 9.81. The smallest absolute Gasteiger partial charge is 0.160 e. The summed E-state index contributed by atoms with van der Waals surface area (Å²) in [6.07, 6.45) is 1.93. The highest BCUT2D eigenvalue weighted by atomic mass is 14.9. The molecule has 7 aromatic carbocycles. The minimum absolute atomic E-state index is 0.155. The average molecular weight is 718 g/mol. The minimum Gasteiger partial charge on any atom is -0.256 e. The Morgan fingerprint density at radius 3 is 1.71 bits per heavy atom. The molecule has 56 heavy (non-hydrogen) atoms. The van der Waals surface area contributed by atoms with Crippen LogP contribution in [0.25, 0.3) is 89.3 Å². The van der Waals surface area contributed by atoms with Crippen molar-refractivity contribution in [1.29, 1.82) is 0 Å². The van der Waals surface area contributed by atoms with Gasteiger partial charge in [0, 0.05) is 33.9 Å². The molecule has 266 valence electrons. The molecule has 2 aromatic heterocycles. The minimum atomic E-state index is -0.155. The molecule has 0 saturated carbocycles. The molecule has 10 rings (SSSR count). The van der Waals surface area contributed by atoms with Crippen LogP contribution in [0.3, 0.4) is 0 Å². The zero-order valence-corrected chi connectivity index (χ0v) is 31.7. The van der Waals surface area contributed by atoms with Crippen molar-refractivity contribution in [1.82, 2.24) is 15.0 Å². The van der Waals surface area contributed by atoms with Gasteiger partial charge in [-0.2, -0.15) is 0 Å². The molecule has 2 heterocycles. The molecule has 0 fully saturated rings. The first-order chi connectivity index (χ1) is 27.4. The van der Waals surface area contributed by atoms with E-state index in [4.69, 9.17) is 15.0 Å². The van der Waals surface area contributed by atoms with Crippen LogP contribution in [0.5, 0.6) is 0 Å². The molecule has 0 spiro atoms. The van der Waals surface area contributed by atoms with Crippen molar-refractivity contribution in [2.45, 2.75) is 26.2 Å². The molecule has 0 aliphatic heterocycles. The van der Waals surface area contributed by atoms with Gasteiger partial charge in [0.1, 0.15) is 0 Å². The molecule has 3 nitrogen and oxygen atoms in total. The van der Waals surface area contributed by atoms with Crippen molar-refractivity contribution in [2.24, 2.45) is 0 Å². The van der Waals surface area contributed by atoms with E-state index in [2.05, 4.69) is 185 Å². The SMILES string of the molecule is Cc1ccc(-c2cccc(-c3cc(-c4ccc5c(c4)C(C)(C)c4ccc6ccccc6c4-5)cc(-c4nc(-c5ccccc5)cc(-c5ccccc5)n4)c3)c2)nc1. The van der Waals surface area contributed by atoms with Crippen LogP contribution in [0.1, 0.15) is 30.5 Å². The third-order valence-electron chi connectivity index (χ3n) is 11.4. The molecule has 0 atom stereocenters. The highest BCUT2D eigenvalue weighted by Gasteiger charge is 2.36. The van der Waals surface area contributed by atoms with Crippen molar-refractivity contribution in [2.75, 3.05) is 0 Å². The van der Waals surface area contributed by atoms with Crippen LogP contribution in [0.2, 0.25) is 0 Å². The summed E-state index contributed by atoms with van der Waals surface area (Å²) < 4.78 is 0. The maximum Gasteiger partial charge on any atom is 0.160 e. The topological polar surface area (TPSA) is 38.7 Å². The lowest BCUT2D eigenvalue weighted by Crippen LogP contribution is -2.15. The lowest BCUT2D eigenvalue weighted by Gasteiger charge is -2.22. The lowest BCUT2D eigenvalue weighted by molar-refractivity contribution is 0.661. The van der Waals surface area contributed by atoms with E-state index in [1.54, 1.807) is 0 Å².